The Morgan fingerprint density at radius 3 is 2.26 bits per heavy atom. The summed E-state index contributed by atoms with van der Waals surface area (Å²) in [5, 5.41) is 60.1. The Morgan fingerprint density at radius 1 is 1.00 bits per heavy atom. The fourth-order valence-electron chi connectivity index (χ4n) is 3.39. The Morgan fingerprint density at radius 2 is 1.65 bits per heavy atom. The third kappa shape index (κ3) is 6.78. The highest BCUT2D eigenvalue weighted by atomic mass is 16.7. The van der Waals surface area contributed by atoms with Crippen LogP contribution in [0, 0.1) is 0 Å². The highest BCUT2D eigenvalue weighted by molar-refractivity contribution is 5.00. The molecule has 0 radical (unpaired) electrons. The standard InChI is InChI=1S/C21H36O10/c1-5-21(4,8-6-7-11(2)3)31-20-18(27)16(25)15(24)13(30-20)10-29-19-17(26)14(23)12(22)9-28-19/h5,7,12-20,22-27H,1,6,8-10H2,2-4H3/t12-,13+,14-,15+,16-,17+,18+,19-,20-,21-/m1/s1. The van der Waals surface area contributed by atoms with Crippen LogP contribution >= 0.6 is 0 Å². The van der Waals surface area contributed by atoms with Crippen LogP contribution in [0.15, 0.2) is 24.3 Å². The molecule has 0 aliphatic carbocycles. The molecule has 0 unspecified atom stereocenters. The Balaban J connectivity index is 2.01. The molecule has 10 heteroatoms. The van der Waals surface area contributed by atoms with Crippen LogP contribution in [0.25, 0.3) is 0 Å². The Bertz CT molecular complexity index is 609. The lowest BCUT2D eigenvalue weighted by Crippen LogP contribution is -2.61. The first-order valence-electron chi connectivity index (χ1n) is 10.4. The smallest absolute Gasteiger partial charge is 0.187 e. The second kappa shape index (κ2) is 11.3. The van der Waals surface area contributed by atoms with E-state index in [0.717, 1.165) is 5.57 Å². The van der Waals surface area contributed by atoms with Gasteiger partial charge in [-0.15, -0.1) is 6.58 Å². The van der Waals surface area contributed by atoms with Crippen LogP contribution in [0.5, 0.6) is 0 Å². The molecule has 0 bridgehead atoms. The van der Waals surface area contributed by atoms with Crippen LogP contribution in [-0.4, -0.2) is 105 Å². The molecular weight excluding hydrogens is 412 g/mol. The van der Waals surface area contributed by atoms with E-state index in [4.69, 9.17) is 18.9 Å². The van der Waals surface area contributed by atoms with E-state index in [1.807, 2.05) is 19.9 Å². The summed E-state index contributed by atoms with van der Waals surface area (Å²) in [5.41, 5.74) is 0.286. The molecule has 2 saturated heterocycles. The largest absolute Gasteiger partial charge is 0.388 e. The number of hydrogen-bond donors (Lipinski definition) is 6. The van der Waals surface area contributed by atoms with Gasteiger partial charge < -0.3 is 49.6 Å². The quantitative estimate of drug-likeness (QED) is 0.241. The number of aliphatic hydroxyl groups is 6. The van der Waals surface area contributed by atoms with Gasteiger partial charge >= 0.3 is 0 Å². The summed E-state index contributed by atoms with van der Waals surface area (Å²) < 4.78 is 22.1. The van der Waals surface area contributed by atoms with Crippen molar-refractivity contribution in [1.29, 1.82) is 0 Å². The fourth-order valence-corrected chi connectivity index (χ4v) is 3.39. The molecule has 0 aromatic rings. The molecule has 10 nitrogen and oxygen atoms in total. The van der Waals surface area contributed by atoms with Crippen molar-refractivity contribution in [3.05, 3.63) is 24.3 Å². The minimum atomic E-state index is -1.57. The summed E-state index contributed by atoms with van der Waals surface area (Å²) in [6.45, 7) is 8.94. The maximum atomic E-state index is 10.3. The number of aliphatic hydroxyl groups excluding tert-OH is 6. The fraction of sp³-hybridized carbons (Fsp3) is 0.810. The summed E-state index contributed by atoms with van der Waals surface area (Å²) in [5.74, 6) is 0. The molecule has 0 aromatic carbocycles. The van der Waals surface area contributed by atoms with Crippen molar-refractivity contribution in [2.45, 2.75) is 94.5 Å². The lowest BCUT2D eigenvalue weighted by Gasteiger charge is -2.43. The van der Waals surface area contributed by atoms with Gasteiger partial charge in [-0.25, -0.2) is 0 Å². The maximum Gasteiger partial charge on any atom is 0.187 e. The summed E-state index contributed by atoms with van der Waals surface area (Å²) in [7, 11) is 0. The normalized spacial score (nSPS) is 40.7. The van der Waals surface area contributed by atoms with Crippen LogP contribution in [0.1, 0.15) is 33.6 Å². The van der Waals surface area contributed by atoms with Gasteiger partial charge in [0.05, 0.1) is 18.8 Å². The molecule has 2 fully saturated rings. The summed E-state index contributed by atoms with van der Waals surface area (Å²) >= 11 is 0. The molecule has 2 heterocycles. The highest BCUT2D eigenvalue weighted by Gasteiger charge is 2.47. The lowest BCUT2D eigenvalue weighted by atomic mass is 9.96. The van der Waals surface area contributed by atoms with Crippen LogP contribution in [0.3, 0.4) is 0 Å². The predicted molar refractivity (Wildman–Crippen MR) is 109 cm³/mol. The zero-order valence-electron chi connectivity index (χ0n) is 18.2. The van der Waals surface area contributed by atoms with E-state index in [9.17, 15) is 30.6 Å². The number of allylic oxidation sites excluding steroid dienone is 2. The second-order valence-corrected chi connectivity index (χ2v) is 8.55. The number of ether oxygens (including phenoxy) is 4. The van der Waals surface area contributed by atoms with Crippen molar-refractivity contribution in [3.8, 4) is 0 Å². The van der Waals surface area contributed by atoms with E-state index < -0.39 is 60.9 Å². The third-order valence-electron chi connectivity index (χ3n) is 5.56. The molecule has 2 aliphatic heterocycles. The van der Waals surface area contributed by atoms with Gasteiger partial charge in [-0.05, 0) is 33.6 Å². The van der Waals surface area contributed by atoms with Crippen molar-refractivity contribution >= 4 is 0 Å². The SMILES string of the molecule is C=C[C@](C)(CCC=C(C)C)O[C@H]1O[C@@H](CO[C@H]2OC[C@@H](O)[C@@H](O)[C@@H]2O)[C@H](O)[C@@H](O)[C@@H]1O. The molecular formula is C21H36O10. The lowest BCUT2D eigenvalue weighted by molar-refractivity contribution is -0.333. The molecule has 2 rings (SSSR count). The first-order valence-corrected chi connectivity index (χ1v) is 10.4. The predicted octanol–water partition coefficient (Wildman–Crippen LogP) is -1.04. The van der Waals surface area contributed by atoms with Crippen LogP contribution < -0.4 is 0 Å². The van der Waals surface area contributed by atoms with E-state index in [-0.39, 0.29) is 13.2 Å². The molecule has 0 aromatic heterocycles. The minimum Gasteiger partial charge on any atom is -0.388 e. The van der Waals surface area contributed by atoms with Crippen molar-refractivity contribution in [3.63, 3.8) is 0 Å². The van der Waals surface area contributed by atoms with Crippen molar-refractivity contribution in [2.24, 2.45) is 0 Å². The van der Waals surface area contributed by atoms with Crippen molar-refractivity contribution in [2.75, 3.05) is 13.2 Å². The van der Waals surface area contributed by atoms with Crippen LogP contribution in [0.4, 0.5) is 0 Å². The van der Waals surface area contributed by atoms with E-state index in [0.29, 0.717) is 12.8 Å². The molecule has 0 spiro atoms. The van der Waals surface area contributed by atoms with Gasteiger partial charge in [0.2, 0.25) is 0 Å². The van der Waals surface area contributed by atoms with Gasteiger partial charge in [0.1, 0.15) is 42.7 Å². The van der Waals surface area contributed by atoms with Gasteiger partial charge in [0.25, 0.3) is 0 Å². The van der Waals surface area contributed by atoms with Crippen molar-refractivity contribution < 1.29 is 49.6 Å². The summed E-state index contributed by atoms with van der Waals surface area (Å²) in [4.78, 5) is 0. The van der Waals surface area contributed by atoms with Gasteiger partial charge in [0, 0.05) is 0 Å². The van der Waals surface area contributed by atoms with Crippen LogP contribution in [-0.2, 0) is 18.9 Å². The van der Waals surface area contributed by atoms with Gasteiger partial charge in [-0.2, -0.15) is 0 Å². The topological polar surface area (TPSA) is 158 Å². The highest BCUT2D eigenvalue weighted by Crippen LogP contribution is 2.30. The van der Waals surface area contributed by atoms with E-state index in [1.165, 1.54) is 0 Å². The van der Waals surface area contributed by atoms with Gasteiger partial charge in [0.15, 0.2) is 12.6 Å². The Labute approximate surface area is 182 Å². The summed E-state index contributed by atoms with van der Waals surface area (Å²) in [6, 6.07) is 0. The molecule has 180 valence electrons. The third-order valence-corrected chi connectivity index (χ3v) is 5.56. The van der Waals surface area contributed by atoms with Crippen LogP contribution in [0.2, 0.25) is 0 Å². The Kier molecular flexibility index (Phi) is 9.58. The van der Waals surface area contributed by atoms with Gasteiger partial charge in [-0.3, -0.25) is 0 Å². The van der Waals surface area contributed by atoms with E-state index in [2.05, 4.69) is 6.58 Å². The zero-order chi connectivity index (χ0) is 23.3. The zero-order valence-corrected chi connectivity index (χ0v) is 18.2. The van der Waals surface area contributed by atoms with Crippen molar-refractivity contribution in [1.82, 2.24) is 0 Å². The summed E-state index contributed by atoms with van der Waals surface area (Å²) in [6.07, 6.45) is -7.54. The van der Waals surface area contributed by atoms with Gasteiger partial charge in [-0.1, -0.05) is 17.7 Å². The molecule has 0 amide bonds. The molecule has 31 heavy (non-hydrogen) atoms. The minimum absolute atomic E-state index is 0.243. The average Bonchev–Trinajstić information content (AvgIpc) is 2.72. The second-order valence-electron chi connectivity index (χ2n) is 8.55. The molecule has 0 saturated carbocycles. The average molecular weight is 449 g/mol. The molecule has 2 aliphatic rings. The first-order chi connectivity index (χ1) is 14.5. The maximum absolute atomic E-state index is 10.3. The number of hydrogen-bond acceptors (Lipinski definition) is 10. The first kappa shape index (κ1) is 26.3. The monoisotopic (exact) mass is 448 g/mol. The molecule has 10 atom stereocenters. The van der Waals surface area contributed by atoms with E-state index >= 15 is 0 Å². The Hall–Kier alpha value is -0.920. The molecule has 6 N–H and O–H groups in total. The number of rotatable bonds is 9. The van der Waals surface area contributed by atoms with E-state index in [1.54, 1.807) is 13.0 Å².